The first kappa shape index (κ1) is 16.1. The van der Waals surface area contributed by atoms with E-state index in [1.807, 2.05) is 6.92 Å². The van der Waals surface area contributed by atoms with Crippen molar-refractivity contribution in [3.05, 3.63) is 29.8 Å². The zero-order chi connectivity index (χ0) is 15.0. The summed E-state index contributed by atoms with van der Waals surface area (Å²) in [6, 6.07) is 5.96. The van der Waals surface area contributed by atoms with Gasteiger partial charge in [-0.1, -0.05) is 0 Å². The lowest BCUT2D eigenvalue weighted by Crippen LogP contribution is -2.34. The Morgan fingerprint density at radius 3 is 2.40 bits per heavy atom. The maximum absolute atomic E-state index is 12.0. The van der Waals surface area contributed by atoms with Crippen molar-refractivity contribution in [2.75, 3.05) is 31.3 Å². The van der Waals surface area contributed by atoms with Crippen LogP contribution in [-0.4, -0.2) is 48.5 Å². The highest BCUT2D eigenvalue weighted by Gasteiger charge is 2.15. The van der Waals surface area contributed by atoms with E-state index in [1.54, 1.807) is 12.1 Å². The second-order valence-corrected chi connectivity index (χ2v) is 4.07. The minimum Gasteiger partial charge on any atom is -0.478 e. The predicted octanol–water partition coefficient (Wildman–Crippen LogP) is 1.14. The highest BCUT2D eigenvalue weighted by Crippen LogP contribution is 2.16. The molecule has 1 aromatic rings. The zero-order valence-corrected chi connectivity index (χ0v) is 11.4. The third-order valence-electron chi connectivity index (χ3n) is 2.71. The lowest BCUT2D eigenvalue weighted by atomic mass is 10.2. The molecule has 6 heteroatoms. The number of hydrogen-bond acceptors (Lipinski definition) is 4. The molecule has 0 aliphatic heterocycles. The Bertz CT molecular complexity index is 443. The number of aliphatic hydroxyl groups excluding tert-OH is 1. The van der Waals surface area contributed by atoms with Crippen LogP contribution in [-0.2, 0) is 9.53 Å². The molecule has 1 aromatic carbocycles. The highest BCUT2D eigenvalue weighted by atomic mass is 16.5. The largest absolute Gasteiger partial charge is 0.478 e. The van der Waals surface area contributed by atoms with E-state index < -0.39 is 5.97 Å². The quantitative estimate of drug-likeness (QED) is 0.698. The van der Waals surface area contributed by atoms with Gasteiger partial charge in [0.1, 0.15) is 0 Å². The van der Waals surface area contributed by atoms with Gasteiger partial charge in [-0.2, -0.15) is 0 Å². The van der Waals surface area contributed by atoms with Crippen LogP contribution in [0.15, 0.2) is 24.3 Å². The second-order valence-electron chi connectivity index (χ2n) is 4.07. The number of carboxylic acid groups (broad SMARTS) is 1. The maximum Gasteiger partial charge on any atom is 0.335 e. The van der Waals surface area contributed by atoms with Gasteiger partial charge in [-0.3, -0.25) is 4.79 Å². The van der Waals surface area contributed by atoms with Gasteiger partial charge in [0, 0.05) is 18.8 Å². The van der Waals surface area contributed by atoms with Crippen LogP contribution < -0.4 is 4.90 Å². The Balaban J connectivity index is 2.78. The van der Waals surface area contributed by atoms with Crippen LogP contribution in [0, 0.1) is 0 Å². The molecule has 1 rings (SSSR count). The molecule has 0 spiro atoms. The molecule has 1 amide bonds. The van der Waals surface area contributed by atoms with Crippen LogP contribution in [0.2, 0.25) is 0 Å². The van der Waals surface area contributed by atoms with E-state index in [0.717, 1.165) is 0 Å². The molecule has 110 valence electrons. The molecule has 20 heavy (non-hydrogen) atoms. The summed E-state index contributed by atoms with van der Waals surface area (Å²) in [5.74, 6) is -1.19. The van der Waals surface area contributed by atoms with Crippen molar-refractivity contribution in [2.24, 2.45) is 0 Å². The van der Waals surface area contributed by atoms with Crippen molar-refractivity contribution in [1.82, 2.24) is 0 Å². The lowest BCUT2D eigenvalue weighted by molar-refractivity contribution is -0.119. The fraction of sp³-hybridized carbons (Fsp3) is 0.429. The van der Waals surface area contributed by atoms with E-state index >= 15 is 0 Å². The van der Waals surface area contributed by atoms with Crippen molar-refractivity contribution < 1.29 is 24.5 Å². The number of ether oxygens (including phenoxy) is 1. The molecule has 0 saturated heterocycles. The van der Waals surface area contributed by atoms with E-state index in [9.17, 15) is 9.59 Å². The van der Waals surface area contributed by atoms with Gasteiger partial charge in [-0.05, 0) is 31.2 Å². The number of carboxylic acids is 1. The molecule has 0 aliphatic rings. The van der Waals surface area contributed by atoms with E-state index in [4.69, 9.17) is 14.9 Å². The van der Waals surface area contributed by atoms with Crippen LogP contribution in [0.4, 0.5) is 5.69 Å². The van der Waals surface area contributed by atoms with Gasteiger partial charge in [0.05, 0.1) is 25.2 Å². The Labute approximate surface area is 117 Å². The zero-order valence-electron chi connectivity index (χ0n) is 11.4. The molecular formula is C14H19NO5. The third-order valence-corrected chi connectivity index (χ3v) is 2.71. The summed E-state index contributed by atoms with van der Waals surface area (Å²) in [6.45, 7) is 2.71. The van der Waals surface area contributed by atoms with Gasteiger partial charge < -0.3 is 19.8 Å². The smallest absolute Gasteiger partial charge is 0.335 e. The van der Waals surface area contributed by atoms with Crippen LogP contribution in [0.1, 0.15) is 23.7 Å². The molecule has 0 aliphatic carbocycles. The fourth-order valence-electron chi connectivity index (χ4n) is 1.72. The number of aliphatic hydroxyl groups is 1. The highest BCUT2D eigenvalue weighted by molar-refractivity contribution is 5.94. The monoisotopic (exact) mass is 281 g/mol. The number of benzene rings is 1. The molecule has 0 atom stereocenters. The van der Waals surface area contributed by atoms with Gasteiger partial charge >= 0.3 is 5.97 Å². The van der Waals surface area contributed by atoms with Gasteiger partial charge in [-0.25, -0.2) is 4.79 Å². The third kappa shape index (κ3) is 4.64. The Morgan fingerprint density at radius 1 is 1.25 bits per heavy atom. The number of anilines is 1. The van der Waals surface area contributed by atoms with Crippen molar-refractivity contribution in [3.8, 4) is 0 Å². The average molecular weight is 281 g/mol. The number of carbonyl (C=O) groups excluding carboxylic acids is 1. The van der Waals surface area contributed by atoms with Crippen molar-refractivity contribution >= 4 is 17.6 Å². The van der Waals surface area contributed by atoms with Crippen LogP contribution in [0.25, 0.3) is 0 Å². The molecule has 0 radical (unpaired) electrons. The number of rotatable bonds is 8. The lowest BCUT2D eigenvalue weighted by Gasteiger charge is -2.22. The standard InChI is InChI=1S/C14H19NO5/c1-2-20-10-7-13(17)15(8-9-16)12-5-3-11(4-6-12)14(18)19/h3-6,16H,2,7-10H2,1H3,(H,18,19). The number of nitrogens with zero attached hydrogens (tertiary/aromatic N) is 1. The van der Waals surface area contributed by atoms with E-state index in [-0.39, 0.29) is 31.0 Å². The van der Waals surface area contributed by atoms with Gasteiger partial charge in [0.2, 0.25) is 5.91 Å². The molecular weight excluding hydrogens is 262 g/mol. The topological polar surface area (TPSA) is 87.1 Å². The molecule has 2 N–H and O–H groups in total. The van der Waals surface area contributed by atoms with Crippen molar-refractivity contribution in [3.63, 3.8) is 0 Å². The van der Waals surface area contributed by atoms with E-state index in [1.165, 1.54) is 17.0 Å². The van der Waals surface area contributed by atoms with Crippen molar-refractivity contribution in [1.29, 1.82) is 0 Å². The molecule has 0 unspecified atom stereocenters. The first-order valence-electron chi connectivity index (χ1n) is 6.42. The van der Waals surface area contributed by atoms with Crippen molar-refractivity contribution in [2.45, 2.75) is 13.3 Å². The summed E-state index contributed by atoms with van der Waals surface area (Å²) >= 11 is 0. The normalized spacial score (nSPS) is 10.3. The Morgan fingerprint density at radius 2 is 1.90 bits per heavy atom. The first-order chi connectivity index (χ1) is 9.60. The van der Waals surface area contributed by atoms with E-state index in [2.05, 4.69) is 0 Å². The summed E-state index contributed by atoms with van der Waals surface area (Å²) < 4.78 is 5.13. The number of aromatic carboxylic acids is 1. The maximum atomic E-state index is 12.0. The van der Waals surface area contributed by atoms with Gasteiger partial charge in [0.15, 0.2) is 0 Å². The summed E-state index contributed by atoms with van der Waals surface area (Å²) in [4.78, 5) is 24.2. The summed E-state index contributed by atoms with van der Waals surface area (Å²) in [6.07, 6.45) is 0.217. The van der Waals surface area contributed by atoms with E-state index in [0.29, 0.717) is 18.9 Å². The Hall–Kier alpha value is -1.92. The molecule has 0 aromatic heterocycles. The molecule has 0 saturated carbocycles. The summed E-state index contributed by atoms with van der Waals surface area (Å²) in [5.41, 5.74) is 0.713. The van der Waals surface area contributed by atoms with Crippen LogP contribution in [0.3, 0.4) is 0 Å². The van der Waals surface area contributed by atoms with Gasteiger partial charge in [-0.15, -0.1) is 0 Å². The summed E-state index contributed by atoms with van der Waals surface area (Å²) in [5, 5.41) is 17.9. The number of carbonyl (C=O) groups is 2. The van der Waals surface area contributed by atoms with Crippen LogP contribution >= 0.6 is 0 Å². The minimum atomic E-state index is -1.02. The average Bonchev–Trinajstić information content (AvgIpc) is 2.45. The molecule has 0 fully saturated rings. The fourth-order valence-corrected chi connectivity index (χ4v) is 1.72. The summed E-state index contributed by atoms with van der Waals surface area (Å²) in [7, 11) is 0. The Kier molecular flexibility index (Phi) is 6.69. The predicted molar refractivity (Wildman–Crippen MR) is 74.0 cm³/mol. The second kappa shape index (κ2) is 8.29. The first-order valence-corrected chi connectivity index (χ1v) is 6.42. The molecule has 0 bridgehead atoms. The number of amides is 1. The minimum absolute atomic E-state index is 0.152. The van der Waals surface area contributed by atoms with Gasteiger partial charge in [0.25, 0.3) is 0 Å². The number of hydrogen-bond donors (Lipinski definition) is 2. The molecule has 6 nitrogen and oxygen atoms in total. The molecule has 0 heterocycles. The SMILES string of the molecule is CCOCCC(=O)N(CCO)c1ccc(C(=O)O)cc1. The van der Waals surface area contributed by atoms with Crippen LogP contribution in [0.5, 0.6) is 0 Å².